The van der Waals surface area contributed by atoms with Gasteiger partial charge in [0.05, 0.1) is 11.2 Å². The molecule has 1 aliphatic carbocycles. The van der Waals surface area contributed by atoms with Crippen LogP contribution in [0.4, 0.5) is 10.6 Å². The van der Waals surface area contributed by atoms with Gasteiger partial charge in [-0.05, 0) is 30.5 Å². The van der Waals surface area contributed by atoms with E-state index in [9.17, 15) is 4.79 Å². The first kappa shape index (κ1) is 28.2. The SMILES string of the molecule is Nc1nccn2c(C3CC(N4CCN(C(=O)OCc5ccccc5)CC4)C3)nc(-c3ccc4ccc(-c5ccccc5)nc4c3)c12. The first-order chi connectivity index (χ1) is 22.6. The van der Waals surface area contributed by atoms with Gasteiger partial charge in [0, 0.05) is 67.0 Å². The van der Waals surface area contributed by atoms with Crippen LogP contribution < -0.4 is 5.73 Å². The summed E-state index contributed by atoms with van der Waals surface area (Å²) in [5, 5.41) is 1.07. The van der Waals surface area contributed by atoms with Crippen LogP contribution in [0.2, 0.25) is 0 Å². The Hall–Kier alpha value is -5.28. The van der Waals surface area contributed by atoms with Crippen molar-refractivity contribution in [3.8, 4) is 22.5 Å². The maximum Gasteiger partial charge on any atom is 0.410 e. The predicted octanol–water partition coefficient (Wildman–Crippen LogP) is 6.39. The zero-order valence-electron chi connectivity index (χ0n) is 25.5. The lowest BCUT2D eigenvalue weighted by Crippen LogP contribution is -2.55. The van der Waals surface area contributed by atoms with Gasteiger partial charge in [-0.2, -0.15) is 0 Å². The minimum atomic E-state index is -0.238. The molecule has 2 fully saturated rings. The second-order valence-corrected chi connectivity index (χ2v) is 12.2. The van der Waals surface area contributed by atoms with E-state index in [1.54, 1.807) is 6.20 Å². The monoisotopic (exact) mass is 609 g/mol. The van der Waals surface area contributed by atoms with Gasteiger partial charge in [0.25, 0.3) is 0 Å². The molecule has 1 saturated heterocycles. The Morgan fingerprint density at radius 1 is 0.848 bits per heavy atom. The Bertz CT molecular complexity index is 2010. The van der Waals surface area contributed by atoms with Crippen LogP contribution >= 0.6 is 0 Å². The molecule has 1 aliphatic heterocycles. The summed E-state index contributed by atoms with van der Waals surface area (Å²) >= 11 is 0. The van der Waals surface area contributed by atoms with Gasteiger partial charge in [0.15, 0.2) is 0 Å². The summed E-state index contributed by atoms with van der Waals surface area (Å²) < 4.78 is 7.68. The van der Waals surface area contributed by atoms with Crippen LogP contribution in [0.3, 0.4) is 0 Å². The molecule has 0 radical (unpaired) electrons. The van der Waals surface area contributed by atoms with Crippen molar-refractivity contribution in [2.24, 2.45) is 0 Å². The van der Waals surface area contributed by atoms with Gasteiger partial charge in [-0.15, -0.1) is 0 Å². The summed E-state index contributed by atoms with van der Waals surface area (Å²) in [5.41, 5.74) is 13.1. The molecule has 9 nitrogen and oxygen atoms in total. The molecule has 3 aromatic carbocycles. The van der Waals surface area contributed by atoms with E-state index in [1.807, 2.05) is 59.6 Å². The maximum atomic E-state index is 12.6. The molecule has 2 N–H and O–H groups in total. The fraction of sp³-hybridized carbons (Fsp3) is 0.243. The summed E-state index contributed by atoms with van der Waals surface area (Å²) in [5.74, 6) is 1.79. The largest absolute Gasteiger partial charge is 0.445 e. The van der Waals surface area contributed by atoms with Gasteiger partial charge in [0.1, 0.15) is 29.5 Å². The highest BCUT2D eigenvalue weighted by molar-refractivity contribution is 5.91. The molecule has 3 aromatic heterocycles. The van der Waals surface area contributed by atoms with E-state index >= 15 is 0 Å². The van der Waals surface area contributed by atoms with E-state index in [1.165, 1.54) is 0 Å². The number of nitrogen functional groups attached to an aromatic ring is 1. The van der Waals surface area contributed by atoms with E-state index < -0.39 is 0 Å². The number of aromatic nitrogens is 4. The molecule has 4 heterocycles. The minimum absolute atomic E-state index is 0.238. The van der Waals surface area contributed by atoms with E-state index in [0.29, 0.717) is 37.5 Å². The molecule has 0 bridgehead atoms. The number of amides is 1. The number of ether oxygens (including phenoxy) is 1. The molecule has 46 heavy (non-hydrogen) atoms. The lowest BCUT2D eigenvalue weighted by atomic mass is 9.78. The van der Waals surface area contributed by atoms with Crippen molar-refractivity contribution in [3.63, 3.8) is 0 Å². The number of imidazole rings is 1. The van der Waals surface area contributed by atoms with Crippen molar-refractivity contribution in [2.45, 2.75) is 31.4 Å². The Balaban J connectivity index is 0.972. The Labute approximate surface area is 267 Å². The van der Waals surface area contributed by atoms with Crippen molar-refractivity contribution in [2.75, 3.05) is 31.9 Å². The number of carbonyl (C=O) groups excluding carboxylic acids is 1. The van der Waals surface area contributed by atoms with Gasteiger partial charge in [-0.25, -0.2) is 19.7 Å². The van der Waals surface area contributed by atoms with Crippen LogP contribution in [-0.4, -0.2) is 67.5 Å². The van der Waals surface area contributed by atoms with E-state index in [-0.39, 0.29) is 6.09 Å². The van der Waals surface area contributed by atoms with Crippen LogP contribution in [0, 0.1) is 0 Å². The maximum absolute atomic E-state index is 12.6. The van der Waals surface area contributed by atoms with Crippen LogP contribution in [0.25, 0.3) is 38.9 Å². The molecule has 0 atom stereocenters. The molecule has 8 rings (SSSR count). The number of pyridine rings is 1. The number of benzene rings is 3. The minimum Gasteiger partial charge on any atom is -0.445 e. The standard InChI is InChI=1S/C37H35N7O2/c38-35-34-33(28-12-11-27-13-14-31(40-32(27)23-28)26-9-5-2-6-10-26)41-36(44(34)16-15-39-35)29-21-30(22-29)42-17-19-43(20-18-42)37(45)46-24-25-7-3-1-4-8-25/h1-16,23,29-30H,17-22,24H2,(H2,38,39). The molecule has 1 saturated carbocycles. The van der Waals surface area contributed by atoms with Crippen LogP contribution in [0.5, 0.6) is 0 Å². The number of fused-ring (bicyclic) bond motifs is 2. The first-order valence-electron chi connectivity index (χ1n) is 15.9. The molecule has 6 aromatic rings. The van der Waals surface area contributed by atoms with E-state index in [4.69, 9.17) is 20.4 Å². The second kappa shape index (κ2) is 11.9. The highest BCUT2D eigenvalue weighted by Crippen LogP contribution is 2.42. The number of piperazine rings is 1. The van der Waals surface area contributed by atoms with E-state index in [2.05, 4.69) is 56.7 Å². The van der Waals surface area contributed by atoms with Gasteiger partial charge in [0.2, 0.25) is 0 Å². The summed E-state index contributed by atoms with van der Waals surface area (Å²) in [6.45, 7) is 3.34. The van der Waals surface area contributed by atoms with Crippen molar-refractivity contribution in [3.05, 3.63) is 115 Å². The summed E-state index contributed by atoms with van der Waals surface area (Å²) in [4.78, 5) is 31.6. The number of nitrogens with zero attached hydrogens (tertiary/aromatic N) is 6. The smallest absolute Gasteiger partial charge is 0.410 e. The van der Waals surface area contributed by atoms with E-state index in [0.717, 1.165) is 76.3 Å². The fourth-order valence-corrected chi connectivity index (χ4v) is 6.79. The molecule has 1 amide bonds. The topological polar surface area (TPSA) is 102 Å². The van der Waals surface area contributed by atoms with Crippen LogP contribution in [0.1, 0.15) is 30.1 Å². The number of carbonyl (C=O) groups is 1. The first-order valence-corrected chi connectivity index (χ1v) is 15.9. The number of anilines is 1. The average molecular weight is 610 g/mol. The van der Waals surface area contributed by atoms with Gasteiger partial charge in [-0.3, -0.25) is 9.30 Å². The Kier molecular flexibility index (Phi) is 7.30. The zero-order chi connectivity index (χ0) is 31.0. The third-order valence-corrected chi connectivity index (χ3v) is 9.42. The zero-order valence-corrected chi connectivity index (χ0v) is 25.5. The molecule has 230 valence electrons. The van der Waals surface area contributed by atoms with Crippen molar-refractivity contribution >= 4 is 28.3 Å². The lowest BCUT2D eigenvalue weighted by Gasteiger charge is -2.45. The van der Waals surface area contributed by atoms with Crippen molar-refractivity contribution < 1.29 is 9.53 Å². The van der Waals surface area contributed by atoms with Crippen molar-refractivity contribution in [1.82, 2.24) is 29.2 Å². The molecule has 0 unspecified atom stereocenters. The number of nitrogens with two attached hydrogens (primary N) is 1. The quantitative estimate of drug-likeness (QED) is 0.233. The third-order valence-electron chi connectivity index (χ3n) is 9.42. The third kappa shape index (κ3) is 5.32. The number of hydrogen-bond donors (Lipinski definition) is 1. The summed E-state index contributed by atoms with van der Waals surface area (Å²) in [6, 6.07) is 31.0. The number of hydrogen-bond acceptors (Lipinski definition) is 7. The average Bonchev–Trinajstić information content (AvgIpc) is 3.47. The molecular weight excluding hydrogens is 574 g/mol. The van der Waals surface area contributed by atoms with Gasteiger partial charge in [-0.1, -0.05) is 78.9 Å². The van der Waals surface area contributed by atoms with Crippen LogP contribution in [0.15, 0.2) is 103 Å². The normalized spacial score (nSPS) is 18.5. The van der Waals surface area contributed by atoms with Gasteiger partial charge < -0.3 is 15.4 Å². The number of rotatable bonds is 6. The highest BCUT2D eigenvalue weighted by atomic mass is 16.6. The summed E-state index contributed by atoms with van der Waals surface area (Å²) in [6.07, 6.45) is 5.50. The fourth-order valence-electron chi connectivity index (χ4n) is 6.79. The Morgan fingerprint density at radius 2 is 1.59 bits per heavy atom. The molecule has 0 spiro atoms. The van der Waals surface area contributed by atoms with Gasteiger partial charge >= 0.3 is 6.09 Å². The lowest BCUT2D eigenvalue weighted by molar-refractivity contribution is 0.0367. The molecule has 9 heteroatoms. The Morgan fingerprint density at radius 3 is 2.37 bits per heavy atom. The molecular formula is C37H35N7O2. The molecule has 2 aliphatic rings. The van der Waals surface area contributed by atoms with Crippen LogP contribution in [-0.2, 0) is 11.3 Å². The highest BCUT2D eigenvalue weighted by Gasteiger charge is 2.39. The predicted molar refractivity (Wildman–Crippen MR) is 179 cm³/mol. The summed E-state index contributed by atoms with van der Waals surface area (Å²) in [7, 11) is 0. The van der Waals surface area contributed by atoms with Crippen molar-refractivity contribution in [1.29, 1.82) is 0 Å². The second-order valence-electron chi connectivity index (χ2n) is 12.2.